The van der Waals surface area contributed by atoms with Gasteiger partial charge in [-0.1, -0.05) is 13.8 Å². The van der Waals surface area contributed by atoms with E-state index in [2.05, 4.69) is 43.0 Å². The molecule has 0 aromatic heterocycles. The minimum Gasteiger partial charge on any atom is -0.381 e. The normalized spacial score (nSPS) is 16.8. The summed E-state index contributed by atoms with van der Waals surface area (Å²) in [6.45, 7) is 12.6. The molecule has 5 nitrogen and oxygen atoms in total. The molecule has 136 valence electrons. The molecule has 0 aromatic carbocycles. The molecule has 0 aliphatic carbocycles. The summed E-state index contributed by atoms with van der Waals surface area (Å²) in [5, 5.41) is 3.37. The molecule has 1 fully saturated rings. The van der Waals surface area contributed by atoms with Crippen molar-refractivity contribution >= 4 is 5.96 Å². The van der Waals surface area contributed by atoms with E-state index in [0.29, 0.717) is 12.5 Å². The molecule has 1 N–H and O–H groups in total. The van der Waals surface area contributed by atoms with E-state index in [0.717, 1.165) is 57.8 Å². The lowest BCUT2D eigenvalue weighted by Crippen LogP contribution is -2.40. The third-order valence-corrected chi connectivity index (χ3v) is 4.25. The van der Waals surface area contributed by atoms with Gasteiger partial charge in [-0.15, -0.1) is 0 Å². The van der Waals surface area contributed by atoms with Gasteiger partial charge in [0.1, 0.15) is 0 Å². The standard InChI is InChI=1S/C18H37N3O2/c1-5-19-18(20-10-15-23-12-7-16(2)3)21(4)11-6-17-8-13-22-14-9-17/h16-17H,5-15H2,1-4H3,(H,19,20). The summed E-state index contributed by atoms with van der Waals surface area (Å²) in [5.41, 5.74) is 0. The van der Waals surface area contributed by atoms with Crippen molar-refractivity contribution in [1.29, 1.82) is 0 Å². The highest BCUT2D eigenvalue weighted by Gasteiger charge is 2.15. The first-order chi connectivity index (χ1) is 11.1. The van der Waals surface area contributed by atoms with E-state index in [1.807, 2.05) is 0 Å². The molecule has 1 aliphatic heterocycles. The van der Waals surface area contributed by atoms with E-state index in [-0.39, 0.29) is 0 Å². The van der Waals surface area contributed by atoms with E-state index in [9.17, 15) is 0 Å². The summed E-state index contributed by atoms with van der Waals surface area (Å²) in [6.07, 6.45) is 4.74. The van der Waals surface area contributed by atoms with Crippen LogP contribution >= 0.6 is 0 Å². The lowest BCUT2D eigenvalue weighted by atomic mass is 9.96. The predicted molar refractivity (Wildman–Crippen MR) is 97.0 cm³/mol. The molecule has 0 radical (unpaired) electrons. The molecule has 0 bridgehead atoms. The van der Waals surface area contributed by atoms with Crippen LogP contribution in [0.4, 0.5) is 0 Å². The zero-order valence-corrected chi connectivity index (χ0v) is 15.6. The Morgan fingerprint density at radius 2 is 2.04 bits per heavy atom. The summed E-state index contributed by atoms with van der Waals surface area (Å²) in [7, 11) is 2.13. The van der Waals surface area contributed by atoms with Crippen molar-refractivity contribution in [2.45, 2.75) is 46.5 Å². The fourth-order valence-electron chi connectivity index (χ4n) is 2.62. The number of rotatable bonds is 10. The molecule has 1 heterocycles. The van der Waals surface area contributed by atoms with E-state index in [1.165, 1.54) is 19.3 Å². The van der Waals surface area contributed by atoms with E-state index >= 15 is 0 Å². The van der Waals surface area contributed by atoms with Crippen molar-refractivity contribution in [1.82, 2.24) is 10.2 Å². The van der Waals surface area contributed by atoms with Gasteiger partial charge in [-0.3, -0.25) is 4.99 Å². The summed E-state index contributed by atoms with van der Waals surface area (Å²) in [5.74, 6) is 2.49. The minimum absolute atomic E-state index is 0.701. The summed E-state index contributed by atoms with van der Waals surface area (Å²) in [4.78, 5) is 6.92. The number of hydrogen-bond acceptors (Lipinski definition) is 3. The molecular weight excluding hydrogens is 290 g/mol. The van der Waals surface area contributed by atoms with Gasteiger partial charge >= 0.3 is 0 Å². The van der Waals surface area contributed by atoms with Crippen molar-refractivity contribution in [2.75, 3.05) is 53.1 Å². The van der Waals surface area contributed by atoms with Gasteiger partial charge in [0.05, 0.1) is 13.2 Å². The average molecular weight is 328 g/mol. The molecule has 0 aromatic rings. The van der Waals surface area contributed by atoms with Gasteiger partial charge in [0.25, 0.3) is 0 Å². The second-order valence-corrected chi connectivity index (χ2v) is 6.80. The Morgan fingerprint density at radius 3 is 2.70 bits per heavy atom. The number of ether oxygens (including phenoxy) is 2. The van der Waals surface area contributed by atoms with Crippen LogP contribution in [0.25, 0.3) is 0 Å². The van der Waals surface area contributed by atoms with Crippen LogP contribution in [-0.4, -0.2) is 64.0 Å². The van der Waals surface area contributed by atoms with Gasteiger partial charge in [-0.05, 0) is 44.4 Å². The highest BCUT2D eigenvalue weighted by Crippen LogP contribution is 2.18. The first-order valence-electron chi connectivity index (χ1n) is 9.28. The molecule has 0 unspecified atom stereocenters. The Morgan fingerprint density at radius 1 is 1.30 bits per heavy atom. The Balaban J connectivity index is 2.25. The molecule has 1 saturated heterocycles. The zero-order chi connectivity index (χ0) is 16.9. The smallest absolute Gasteiger partial charge is 0.193 e. The maximum Gasteiger partial charge on any atom is 0.193 e. The van der Waals surface area contributed by atoms with Gasteiger partial charge < -0.3 is 19.7 Å². The van der Waals surface area contributed by atoms with E-state index in [4.69, 9.17) is 9.47 Å². The number of hydrogen-bond donors (Lipinski definition) is 1. The largest absolute Gasteiger partial charge is 0.381 e. The average Bonchev–Trinajstić information content (AvgIpc) is 2.55. The lowest BCUT2D eigenvalue weighted by molar-refractivity contribution is 0.0625. The molecule has 0 spiro atoms. The van der Waals surface area contributed by atoms with Crippen LogP contribution in [0.15, 0.2) is 4.99 Å². The number of nitrogens with zero attached hydrogens (tertiary/aromatic N) is 2. The molecule has 0 saturated carbocycles. The minimum atomic E-state index is 0.701. The summed E-state index contributed by atoms with van der Waals surface area (Å²) < 4.78 is 11.1. The quantitative estimate of drug-likeness (QED) is 0.381. The summed E-state index contributed by atoms with van der Waals surface area (Å²) in [6, 6.07) is 0. The number of aliphatic imine (C=N–C) groups is 1. The number of nitrogens with one attached hydrogen (secondary N) is 1. The van der Waals surface area contributed by atoms with Crippen LogP contribution in [-0.2, 0) is 9.47 Å². The van der Waals surface area contributed by atoms with Crippen molar-refractivity contribution in [3.05, 3.63) is 0 Å². The third-order valence-electron chi connectivity index (χ3n) is 4.25. The Labute approximate surface area is 142 Å². The fraction of sp³-hybridized carbons (Fsp3) is 0.944. The Hall–Kier alpha value is -0.810. The van der Waals surface area contributed by atoms with Crippen molar-refractivity contribution in [3.8, 4) is 0 Å². The molecule has 23 heavy (non-hydrogen) atoms. The monoisotopic (exact) mass is 327 g/mol. The highest BCUT2D eigenvalue weighted by molar-refractivity contribution is 5.79. The Bertz CT molecular complexity index is 315. The fourth-order valence-corrected chi connectivity index (χ4v) is 2.62. The second-order valence-electron chi connectivity index (χ2n) is 6.80. The van der Waals surface area contributed by atoms with Crippen LogP contribution in [0.5, 0.6) is 0 Å². The Kier molecular flexibility index (Phi) is 11.1. The molecule has 1 rings (SSSR count). The molecule has 1 aliphatic rings. The van der Waals surface area contributed by atoms with Gasteiger partial charge in [0.15, 0.2) is 5.96 Å². The van der Waals surface area contributed by atoms with E-state index < -0.39 is 0 Å². The van der Waals surface area contributed by atoms with Crippen molar-refractivity contribution in [3.63, 3.8) is 0 Å². The van der Waals surface area contributed by atoms with E-state index in [1.54, 1.807) is 0 Å². The van der Waals surface area contributed by atoms with Crippen LogP contribution in [0, 0.1) is 11.8 Å². The topological polar surface area (TPSA) is 46.1 Å². The lowest BCUT2D eigenvalue weighted by Gasteiger charge is -2.26. The maximum atomic E-state index is 5.64. The number of guanidine groups is 1. The molecular formula is C18H37N3O2. The SMILES string of the molecule is CCNC(=NCCOCCC(C)C)N(C)CCC1CCOCC1. The highest BCUT2D eigenvalue weighted by atomic mass is 16.5. The second kappa shape index (κ2) is 12.6. The van der Waals surface area contributed by atoms with Crippen LogP contribution in [0.1, 0.15) is 46.5 Å². The van der Waals surface area contributed by atoms with Gasteiger partial charge in [-0.25, -0.2) is 0 Å². The van der Waals surface area contributed by atoms with Crippen LogP contribution in [0.2, 0.25) is 0 Å². The third kappa shape index (κ3) is 9.82. The van der Waals surface area contributed by atoms with Crippen LogP contribution in [0.3, 0.4) is 0 Å². The van der Waals surface area contributed by atoms with Crippen molar-refractivity contribution < 1.29 is 9.47 Å². The predicted octanol–water partition coefficient (Wildman–Crippen LogP) is 2.76. The molecule has 5 heteroatoms. The molecule has 0 atom stereocenters. The van der Waals surface area contributed by atoms with Crippen LogP contribution < -0.4 is 5.32 Å². The van der Waals surface area contributed by atoms with Gasteiger partial charge in [-0.2, -0.15) is 0 Å². The maximum absolute atomic E-state index is 5.64. The summed E-state index contributed by atoms with van der Waals surface area (Å²) >= 11 is 0. The first-order valence-corrected chi connectivity index (χ1v) is 9.28. The van der Waals surface area contributed by atoms with Crippen molar-refractivity contribution in [2.24, 2.45) is 16.8 Å². The van der Waals surface area contributed by atoms with Gasteiger partial charge in [0, 0.05) is 40.0 Å². The zero-order valence-electron chi connectivity index (χ0n) is 15.6. The first kappa shape index (κ1) is 20.2. The molecule has 0 amide bonds. The van der Waals surface area contributed by atoms with Gasteiger partial charge in [0.2, 0.25) is 0 Å².